The first-order chi connectivity index (χ1) is 9.75. The number of amides is 1. The first-order valence-electron chi connectivity index (χ1n) is 8.57. The maximum absolute atomic E-state index is 12.2. The Kier molecular flexibility index (Phi) is 6.85. The van der Waals surface area contributed by atoms with Gasteiger partial charge in [0.1, 0.15) is 0 Å². The highest BCUT2D eigenvalue weighted by Gasteiger charge is 2.18. The van der Waals surface area contributed by atoms with Gasteiger partial charge in [-0.25, -0.2) is 0 Å². The maximum atomic E-state index is 12.2. The molecule has 1 heterocycles. The summed E-state index contributed by atoms with van der Waals surface area (Å²) >= 11 is 0. The van der Waals surface area contributed by atoms with Gasteiger partial charge in [-0.15, -0.1) is 0 Å². The zero-order chi connectivity index (χ0) is 14.2. The molecule has 0 radical (unpaired) electrons. The molecule has 1 saturated carbocycles. The van der Waals surface area contributed by atoms with Gasteiger partial charge in [-0.3, -0.25) is 4.79 Å². The van der Waals surface area contributed by atoms with E-state index in [4.69, 9.17) is 4.74 Å². The van der Waals surface area contributed by atoms with Crippen LogP contribution >= 0.6 is 0 Å². The Labute approximate surface area is 124 Å². The van der Waals surface area contributed by atoms with Crippen LogP contribution in [0.5, 0.6) is 0 Å². The van der Waals surface area contributed by atoms with Gasteiger partial charge in [0.05, 0.1) is 0 Å². The Morgan fingerprint density at radius 1 is 1.00 bits per heavy atom. The zero-order valence-corrected chi connectivity index (χ0v) is 13.1. The second-order valence-electron chi connectivity index (χ2n) is 6.70. The normalized spacial score (nSPS) is 21.9. The van der Waals surface area contributed by atoms with E-state index in [1.807, 2.05) is 11.9 Å². The van der Waals surface area contributed by atoms with Gasteiger partial charge in [-0.1, -0.05) is 32.1 Å². The van der Waals surface area contributed by atoms with E-state index < -0.39 is 0 Å². The topological polar surface area (TPSA) is 29.5 Å². The van der Waals surface area contributed by atoms with Crippen LogP contribution in [0.1, 0.15) is 64.2 Å². The fourth-order valence-electron chi connectivity index (χ4n) is 3.53. The monoisotopic (exact) mass is 281 g/mol. The zero-order valence-electron chi connectivity index (χ0n) is 13.1. The molecule has 2 fully saturated rings. The molecule has 3 heteroatoms. The van der Waals surface area contributed by atoms with Gasteiger partial charge in [-0.2, -0.15) is 0 Å². The summed E-state index contributed by atoms with van der Waals surface area (Å²) in [5, 5.41) is 0. The van der Waals surface area contributed by atoms with Crippen molar-refractivity contribution in [3.63, 3.8) is 0 Å². The van der Waals surface area contributed by atoms with Gasteiger partial charge >= 0.3 is 0 Å². The number of carbonyl (C=O) groups excluding carboxylic acids is 1. The summed E-state index contributed by atoms with van der Waals surface area (Å²) in [6.07, 6.45) is 12.2. The van der Waals surface area contributed by atoms with Crippen molar-refractivity contribution in [2.75, 3.05) is 26.8 Å². The summed E-state index contributed by atoms with van der Waals surface area (Å²) in [7, 11) is 1.97. The Balaban J connectivity index is 1.58. The van der Waals surface area contributed by atoms with Crippen LogP contribution in [0.15, 0.2) is 0 Å². The SMILES string of the molecule is CN(CCC1CCOCC1)C(=O)CCC1CCCCC1. The minimum Gasteiger partial charge on any atom is -0.381 e. The van der Waals surface area contributed by atoms with E-state index >= 15 is 0 Å². The number of nitrogens with zero attached hydrogens (tertiary/aromatic N) is 1. The molecule has 0 aromatic rings. The van der Waals surface area contributed by atoms with Crippen LogP contribution in [0.4, 0.5) is 0 Å². The van der Waals surface area contributed by atoms with Crippen molar-refractivity contribution in [2.24, 2.45) is 11.8 Å². The first kappa shape index (κ1) is 15.8. The highest BCUT2D eigenvalue weighted by atomic mass is 16.5. The Hall–Kier alpha value is -0.570. The van der Waals surface area contributed by atoms with Crippen LogP contribution in [-0.4, -0.2) is 37.6 Å². The van der Waals surface area contributed by atoms with E-state index in [0.717, 1.165) is 50.9 Å². The molecule has 0 atom stereocenters. The van der Waals surface area contributed by atoms with E-state index in [1.165, 1.54) is 44.9 Å². The number of rotatable bonds is 6. The van der Waals surface area contributed by atoms with E-state index in [9.17, 15) is 4.79 Å². The molecule has 0 aromatic carbocycles. The third-order valence-corrected chi connectivity index (χ3v) is 5.13. The second kappa shape index (κ2) is 8.66. The maximum Gasteiger partial charge on any atom is 0.222 e. The van der Waals surface area contributed by atoms with Gasteiger partial charge in [-0.05, 0) is 37.5 Å². The van der Waals surface area contributed by atoms with Crippen LogP contribution in [0.2, 0.25) is 0 Å². The lowest BCUT2D eigenvalue weighted by Gasteiger charge is -2.26. The Morgan fingerprint density at radius 2 is 1.65 bits per heavy atom. The highest BCUT2D eigenvalue weighted by molar-refractivity contribution is 5.75. The molecule has 1 aliphatic carbocycles. The van der Waals surface area contributed by atoms with Gasteiger partial charge < -0.3 is 9.64 Å². The quantitative estimate of drug-likeness (QED) is 0.744. The summed E-state index contributed by atoms with van der Waals surface area (Å²) in [6, 6.07) is 0. The molecular weight excluding hydrogens is 250 g/mol. The van der Waals surface area contributed by atoms with E-state index in [0.29, 0.717) is 5.91 Å². The summed E-state index contributed by atoms with van der Waals surface area (Å²) in [6.45, 7) is 2.74. The predicted octanol–water partition coefficient (Wildman–Crippen LogP) is 3.62. The lowest BCUT2D eigenvalue weighted by molar-refractivity contribution is -0.130. The molecule has 20 heavy (non-hydrogen) atoms. The summed E-state index contributed by atoms with van der Waals surface area (Å²) in [4.78, 5) is 14.1. The molecule has 0 bridgehead atoms. The lowest BCUT2D eigenvalue weighted by Crippen LogP contribution is -2.30. The largest absolute Gasteiger partial charge is 0.381 e. The third kappa shape index (κ3) is 5.43. The standard InChI is InChI=1S/C17H31NO2/c1-18(12-9-16-10-13-20-14-11-16)17(19)8-7-15-5-3-2-4-6-15/h15-16H,2-14H2,1H3. The predicted molar refractivity (Wildman–Crippen MR) is 81.6 cm³/mol. The van der Waals surface area contributed by atoms with Gasteiger partial charge in [0.25, 0.3) is 0 Å². The minimum absolute atomic E-state index is 0.350. The molecule has 1 aliphatic heterocycles. The second-order valence-corrected chi connectivity index (χ2v) is 6.70. The van der Waals surface area contributed by atoms with Gasteiger partial charge in [0, 0.05) is 33.2 Å². The van der Waals surface area contributed by atoms with Crippen LogP contribution < -0.4 is 0 Å². The molecule has 116 valence electrons. The lowest BCUT2D eigenvalue weighted by atomic mass is 9.86. The molecule has 0 spiro atoms. The number of carbonyl (C=O) groups is 1. The van der Waals surface area contributed by atoms with Gasteiger partial charge in [0.2, 0.25) is 5.91 Å². The van der Waals surface area contributed by atoms with Crippen molar-refractivity contribution in [2.45, 2.75) is 64.2 Å². The molecule has 0 unspecified atom stereocenters. The van der Waals surface area contributed by atoms with Gasteiger partial charge in [0.15, 0.2) is 0 Å². The average molecular weight is 281 g/mol. The molecule has 0 aromatic heterocycles. The van der Waals surface area contributed by atoms with Crippen molar-refractivity contribution in [3.05, 3.63) is 0 Å². The van der Waals surface area contributed by atoms with E-state index in [-0.39, 0.29) is 0 Å². The van der Waals surface area contributed by atoms with Crippen molar-refractivity contribution in [1.29, 1.82) is 0 Å². The fraction of sp³-hybridized carbons (Fsp3) is 0.941. The van der Waals surface area contributed by atoms with Crippen LogP contribution in [0.25, 0.3) is 0 Å². The van der Waals surface area contributed by atoms with E-state index in [2.05, 4.69) is 0 Å². The van der Waals surface area contributed by atoms with Crippen LogP contribution in [0, 0.1) is 11.8 Å². The molecule has 1 amide bonds. The molecule has 3 nitrogen and oxygen atoms in total. The Morgan fingerprint density at radius 3 is 2.35 bits per heavy atom. The molecular formula is C17H31NO2. The van der Waals surface area contributed by atoms with Crippen molar-refractivity contribution < 1.29 is 9.53 Å². The number of ether oxygens (including phenoxy) is 1. The first-order valence-corrected chi connectivity index (χ1v) is 8.57. The fourth-order valence-corrected chi connectivity index (χ4v) is 3.53. The molecule has 2 aliphatic rings. The smallest absolute Gasteiger partial charge is 0.222 e. The molecule has 2 rings (SSSR count). The number of hydrogen-bond acceptors (Lipinski definition) is 2. The third-order valence-electron chi connectivity index (χ3n) is 5.13. The number of hydrogen-bond donors (Lipinski definition) is 0. The minimum atomic E-state index is 0.350. The van der Waals surface area contributed by atoms with Crippen molar-refractivity contribution in [3.8, 4) is 0 Å². The van der Waals surface area contributed by atoms with Crippen LogP contribution in [0.3, 0.4) is 0 Å². The van der Waals surface area contributed by atoms with Crippen LogP contribution in [-0.2, 0) is 9.53 Å². The van der Waals surface area contributed by atoms with E-state index in [1.54, 1.807) is 0 Å². The molecule has 1 saturated heterocycles. The average Bonchev–Trinajstić information content (AvgIpc) is 2.52. The molecule has 0 N–H and O–H groups in total. The summed E-state index contributed by atoms with van der Waals surface area (Å²) in [5.74, 6) is 1.93. The van der Waals surface area contributed by atoms with Crippen molar-refractivity contribution >= 4 is 5.91 Å². The highest BCUT2D eigenvalue weighted by Crippen LogP contribution is 2.27. The Bertz CT molecular complexity index is 281. The summed E-state index contributed by atoms with van der Waals surface area (Å²) in [5.41, 5.74) is 0. The van der Waals surface area contributed by atoms with Crippen molar-refractivity contribution in [1.82, 2.24) is 4.90 Å². The summed E-state index contributed by atoms with van der Waals surface area (Å²) < 4.78 is 5.38.